The summed E-state index contributed by atoms with van der Waals surface area (Å²) in [6, 6.07) is 7.86. The van der Waals surface area contributed by atoms with Gasteiger partial charge in [0.05, 0.1) is 5.69 Å². The van der Waals surface area contributed by atoms with E-state index >= 15 is 0 Å². The van der Waals surface area contributed by atoms with E-state index in [4.69, 9.17) is 5.73 Å². The lowest BCUT2D eigenvalue weighted by Gasteiger charge is -2.20. The number of hydrogen-bond donors (Lipinski definition) is 1. The first-order chi connectivity index (χ1) is 8.99. The molecule has 0 fully saturated rings. The van der Waals surface area contributed by atoms with E-state index in [0.29, 0.717) is 5.69 Å². The Kier molecular flexibility index (Phi) is 3.64. The van der Waals surface area contributed by atoms with Crippen molar-refractivity contribution < 1.29 is 13.2 Å². The van der Waals surface area contributed by atoms with Crippen LogP contribution in [-0.2, 0) is 6.54 Å². The molecule has 19 heavy (non-hydrogen) atoms. The van der Waals surface area contributed by atoms with Crippen LogP contribution in [0.1, 0.15) is 5.56 Å². The molecule has 2 aromatic carbocycles. The third-order valence-electron chi connectivity index (χ3n) is 2.88. The van der Waals surface area contributed by atoms with Crippen LogP contribution in [0.3, 0.4) is 0 Å². The fourth-order valence-corrected chi connectivity index (χ4v) is 1.78. The molecular weight excluding hydrogens is 253 g/mol. The van der Waals surface area contributed by atoms with E-state index in [1.54, 1.807) is 11.9 Å². The standard InChI is InChI=1S/C14H13F3N2/c1-19(9-5-6-13(17)14(18)7-9)8-10-11(15)3-2-4-12(10)16/h2-7H,8,18H2,1H3. The Morgan fingerprint density at radius 2 is 1.63 bits per heavy atom. The van der Waals surface area contributed by atoms with Gasteiger partial charge in [-0.2, -0.15) is 0 Å². The Morgan fingerprint density at radius 1 is 1.00 bits per heavy atom. The number of benzene rings is 2. The smallest absolute Gasteiger partial charge is 0.146 e. The summed E-state index contributed by atoms with van der Waals surface area (Å²) in [5.74, 6) is -1.74. The van der Waals surface area contributed by atoms with Crippen LogP contribution >= 0.6 is 0 Å². The number of anilines is 2. The predicted octanol–water partition coefficient (Wildman–Crippen LogP) is 3.32. The van der Waals surface area contributed by atoms with E-state index in [0.717, 1.165) is 0 Å². The van der Waals surface area contributed by atoms with E-state index in [-0.39, 0.29) is 17.8 Å². The van der Waals surface area contributed by atoms with Gasteiger partial charge >= 0.3 is 0 Å². The first-order valence-corrected chi connectivity index (χ1v) is 5.68. The molecule has 0 amide bonds. The van der Waals surface area contributed by atoms with Crippen LogP contribution in [0.4, 0.5) is 24.5 Å². The quantitative estimate of drug-likeness (QED) is 0.863. The largest absolute Gasteiger partial charge is 0.396 e. The molecule has 0 atom stereocenters. The van der Waals surface area contributed by atoms with Crippen LogP contribution in [0.5, 0.6) is 0 Å². The van der Waals surface area contributed by atoms with Crippen LogP contribution in [0, 0.1) is 17.5 Å². The number of rotatable bonds is 3. The van der Waals surface area contributed by atoms with Crippen molar-refractivity contribution >= 4 is 11.4 Å². The molecule has 0 radical (unpaired) electrons. The molecule has 0 saturated carbocycles. The Balaban J connectivity index is 2.25. The molecule has 0 spiro atoms. The number of nitrogens with two attached hydrogens (primary N) is 1. The summed E-state index contributed by atoms with van der Waals surface area (Å²) in [7, 11) is 1.65. The highest BCUT2D eigenvalue weighted by Gasteiger charge is 2.12. The molecule has 2 rings (SSSR count). The monoisotopic (exact) mass is 266 g/mol. The van der Waals surface area contributed by atoms with Gasteiger partial charge in [0.15, 0.2) is 0 Å². The fourth-order valence-electron chi connectivity index (χ4n) is 1.78. The molecule has 0 aliphatic heterocycles. The highest BCUT2D eigenvalue weighted by atomic mass is 19.1. The molecule has 5 heteroatoms. The highest BCUT2D eigenvalue weighted by Crippen LogP contribution is 2.22. The average Bonchev–Trinajstić information content (AvgIpc) is 2.37. The zero-order valence-electron chi connectivity index (χ0n) is 10.3. The van der Waals surface area contributed by atoms with Crippen LogP contribution in [0.2, 0.25) is 0 Å². The van der Waals surface area contributed by atoms with E-state index in [2.05, 4.69) is 0 Å². The number of nitrogen functional groups attached to an aromatic ring is 1. The lowest BCUT2D eigenvalue weighted by Crippen LogP contribution is -2.18. The van der Waals surface area contributed by atoms with Crippen molar-refractivity contribution in [2.24, 2.45) is 0 Å². The van der Waals surface area contributed by atoms with Crippen LogP contribution in [0.15, 0.2) is 36.4 Å². The van der Waals surface area contributed by atoms with Crippen molar-refractivity contribution in [1.82, 2.24) is 0 Å². The van der Waals surface area contributed by atoms with Crippen LogP contribution in [-0.4, -0.2) is 7.05 Å². The topological polar surface area (TPSA) is 29.3 Å². The van der Waals surface area contributed by atoms with Gasteiger partial charge in [0.25, 0.3) is 0 Å². The molecule has 0 aromatic heterocycles. The third-order valence-corrected chi connectivity index (χ3v) is 2.88. The Hall–Kier alpha value is -2.17. The molecule has 2 N–H and O–H groups in total. The van der Waals surface area contributed by atoms with Crippen molar-refractivity contribution in [2.75, 3.05) is 17.7 Å². The van der Waals surface area contributed by atoms with Gasteiger partial charge in [0.1, 0.15) is 17.5 Å². The molecule has 100 valence electrons. The summed E-state index contributed by atoms with van der Waals surface area (Å²) in [4.78, 5) is 1.59. The van der Waals surface area contributed by atoms with Crippen LogP contribution < -0.4 is 10.6 Å². The van der Waals surface area contributed by atoms with Crippen molar-refractivity contribution in [3.8, 4) is 0 Å². The minimum atomic E-state index is -0.609. The molecule has 0 heterocycles. The van der Waals surface area contributed by atoms with Crippen molar-refractivity contribution in [3.63, 3.8) is 0 Å². The minimum Gasteiger partial charge on any atom is -0.396 e. The van der Waals surface area contributed by atoms with Gasteiger partial charge in [-0.05, 0) is 30.3 Å². The van der Waals surface area contributed by atoms with E-state index in [1.807, 2.05) is 0 Å². The predicted molar refractivity (Wildman–Crippen MR) is 69.3 cm³/mol. The third kappa shape index (κ3) is 2.81. The normalized spacial score (nSPS) is 10.5. The maximum absolute atomic E-state index is 13.5. The lowest BCUT2D eigenvalue weighted by molar-refractivity contribution is 0.553. The molecule has 0 bridgehead atoms. The second kappa shape index (κ2) is 5.22. The second-order valence-electron chi connectivity index (χ2n) is 4.26. The SMILES string of the molecule is CN(Cc1c(F)cccc1F)c1ccc(F)c(N)c1. The van der Waals surface area contributed by atoms with Crippen molar-refractivity contribution in [2.45, 2.75) is 6.54 Å². The zero-order chi connectivity index (χ0) is 14.0. The van der Waals surface area contributed by atoms with Gasteiger partial charge in [-0.3, -0.25) is 0 Å². The molecule has 0 aliphatic carbocycles. The van der Waals surface area contributed by atoms with Crippen LogP contribution in [0.25, 0.3) is 0 Å². The van der Waals surface area contributed by atoms with Gasteiger partial charge in [0, 0.05) is 24.8 Å². The molecule has 0 unspecified atom stereocenters. The van der Waals surface area contributed by atoms with E-state index in [1.165, 1.54) is 36.4 Å². The molecule has 2 aromatic rings. The summed E-state index contributed by atoms with van der Waals surface area (Å²) < 4.78 is 40.1. The molecule has 2 nitrogen and oxygen atoms in total. The Bertz CT molecular complexity index is 579. The summed E-state index contributed by atoms with van der Waals surface area (Å²) >= 11 is 0. The molecule has 0 aliphatic rings. The van der Waals surface area contributed by atoms with Gasteiger partial charge in [-0.25, -0.2) is 13.2 Å². The van der Waals surface area contributed by atoms with E-state index in [9.17, 15) is 13.2 Å². The zero-order valence-corrected chi connectivity index (χ0v) is 10.3. The second-order valence-corrected chi connectivity index (χ2v) is 4.26. The number of hydrogen-bond acceptors (Lipinski definition) is 2. The van der Waals surface area contributed by atoms with Crippen molar-refractivity contribution in [1.29, 1.82) is 0 Å². The maximum atomic E-state index is 13.5. The first-order valence-electron chi connectivity index (χ1n) is 5.68. The fraction of sp³-hybridized carbons (Fsp3) is 0.143. The highest BCUT2D eigenvalue weighted by molar-refractivity contribution is 5.56. The number of halogens is 3. The van der Waals surface area contributed by atoms with Gasteiger partial charge < -0.3 is 10.6 Å². The Labute approximate surface area is 109 Å². The molecular formula is C14H13F3N2. The van der Waals surface area contributed by atoms with Gasteiger partial charge in [-0.1, -0.05) is 6.07 Å². The summed E-state index contributed by atoms with van der Waals surface area (Å²) in [6.07, 6.45) is 0. The average molecular weight is 266 g/mol. The maximum Gasteiger partial charge on any atom is 0.146 e. The summed E-state index contributed by atoms with van der Waals surface area (Å²) in [5, 5.41) is 0. The summed E-state index contributed by atoms with van der Waals surface area (Å²) in [6.45, 7) is 0.0313. The van der Waals surface area contributed by atoms with Crippen molar-refractivity contribution in [3.05, 3.63) is 59.4 Å². The summed E-state index contributed by atoms with van der Waals surface area (Å²) in [5.41, 5.74) is 6.01. The van der Waals surface area contributed by atoms with Gasteiger partial charge in [0.2, 0.25) is 0 Å². The lowest BCUT2D eigenvalue weighted by atomic mass is 10.1. The number of nitrogens with zero attached hydrogens (tertiary/aromatic N) is 1. The minimum absolute atomic E-state index is 0.00152. The van der Waals surface area contributed by atoms with E-state index < -0.39 is 17.5 Å². The molecule has 0 saturated heterocycles. The van der Waals surface area contributed by atoms with Gasteiger partial charge in [-0.15, -0.1) is 0 Å². The first kappa shape index (κ1) is 13.3. The Morgan fingerprint density at radius 3 is 2.21 bits per heavy atom.